The standard InChI is InChI=1S/C13H16N4O/c1-8-7-11(9(2)16(8)10-3-4-10)13(18)17-12(14)5-6-15-17/h5-7,10H,3-4,14H2,1-2H3. The first-order valence-corrected chi connectivity index (χ1v) is 6.12. The molecule has 2 aromatic rings. The summed E-state index contributed by atoms with van der Waals surface area (Å²) in [5, 5.41) is 3.97. The molecule has 5 heteroatoms. The number of anilines is 1. The van der Waals surface area contributed by atoms with E-state index in [0.717, 1.165) is 11.4 Å². The van der Waals surface area contributed by atoms with Gasteiger partial charge in [-0.05, 0) is 32.8 Å². The van der Waals surface area contributed by atoms with Crippen LogP contribution in [-0.2, 0) is 0 Å². The fourth-order valence-corrected chi connectivity index (χ4v) is 2.49. The first-order valence-electron chi connectivity index (χ1n) is 6.12. The first-order chi connectivity index (χ1) is 8.59. The molecule has 18 heavy (non-hydrogen) atoms. The predicted molar refractivity (Wildman–Crippen MR) is 68.5 cm³/mol. The Bertz CT molecular complexity index is 619. The first kappa shape index (κ1) is 11.1. The van der Waals surface area contributed by atoms with E-state index in [9.17, 15) is 4.79 Å². The van der Waals surface area contributed by atoms with E-state index in [1.54, 1.807) is 6.07 Å². The van der Waals surface area contributed by atoms with E-state index in [1.165, 1.54) is 23.7 Å². The largest absolute Gasteiger partial charge is 0.383 e. The highest BCUT2D eigenvalue weighted by Crippen LogP contribution is 2.38. The van der Waals surface area contributed by atoms with E-state index in [-0.39, 0.29) is 5.91 Å². The average molecular weight is 244 g/mol. The van der Waals surface area contributed by atoms with Crippen LogP contribution in [0.5, 0.6) is 0 Å². The number of carbonyl (C=O) groups excluding carboxylic acids is 1. The molecule has 1 saturated carbocycles. The fraction of sp³-hybridized carbons (Fsp3) is 0.385. The van der Waals surface area contributed by atoms with E-state index >= 15 is 0 Å². The molecule has 0 atom stereocenters. The van der Waals surface area contributed by atoms with Crippen molar-refractivity contribution >= 4 is 11.7 Å². The lowest BCUT2D eigenvalue weighted by Gasteiger charge is -2.07. The highest BCUT2D eigenvalue weighted by atomic mass is 16.2. The number of aryl methyl sites for hydroxylation is 1. The van der Waals surface area contributed by atoms with Gasteiger partial charge in [0.15, 0.2) is 0 Å². The number of nitrogen functional groups attached to an aromatic ring is 1. The lowest BCUT2D eigenvalue weighted by molar-refractivity contribution is 0.0947. The van der Waals surface area contributed by atoms with Crippen molar-refractivity contribution < 1.29 is 4.79 Å². The summed E-state index contributed by atoms with van der Waals surface area (Å²) in [7, 11) is 0. The third kappa shape index (κ3) is 1.54. The maximum Gasteiger partial charge on any atom is 0.281 e. The smallest absolute Gasteiger partial charge is 0.281 e. The van der Waals surface area contributed by atoms with Crippen molar-refractivity contribution in [2.75, 3.05) is 5.73 Å². The molecule has 0 saturated heterocycles. The van der Waals surface area contributed by atoms with Crippen molar-refractivity contribution in [3.05, 3.63) is 35.3 Å². The number of nitrogens with zero attached hydrogens (tertiary/aromatic N) is 3. The second kappa shape index (κ2) is 3.73. The second-order valence-corrected chi connectivity index (χ2v) is 4.86. The number of aromatic nitrogens is 3. The van der Waals surface area contributed by atoms with E-state index in [0.29, 0.717) is 17.4 Å². The predicted octanol–water partition coefficient (Wildman–Crippen LogP) is 1.91. The van der Waals surface area contributed by atoms with E-state index in [4.69, 9.17) is 5.73 Å². The minimum absolute atomic E-state index is 0.155. The number of hydrogen-bond acceptors (Lipinski definition) is 3. The van der Waals surface area contributed by atoms with Gasteiger partial charge >= 0.3 is 0 Å². The van der Waals surface area contributed by atoms with Crippen LogP contribution in [0.15, 0.2) is 18.3 Å². The summed E-state index contributed by atoms with van der Waals surface area (Å²) in [5.74, 6) is 0.216. The van der Waals surface area contributed by atoms with E-state index in [2.05, 4.69) is 9.67 Å². The zero-order valence-electron chi connectivity index (χ0n) is 10.6. The molecule has 2 aromatic heterocycles. The molecule has 0 radical (unpaired) electrons. The molecule has 2 N–H and O–H groups in total. The van der Waals surface area contributed by atoms with Crippen molar-refractivity contribution in [2.24, 2.45) is 0 Å². The average Bonchev–Trinajstić information content (AvgIpc) is 2.99. The van der Waals surface area contributed by atoms with Crippen LogP contribution >= 0.6 is 0 Å². The SMILES string of the molecule is Cc1cc(C(=O)n2nccc2N)c(C)n1C1CC1. The van der Waals surface area contributed by atoms with Gasteiger partial charge in [0.05, 0.1) is 11.8 Å². The molecule has 0 spiro atoms. The van der Waals surface area contributed by atoms with E-state index in [1.807, 2.05) is 19.9 Å². The van der Waals surface area contributed by atoms with Crippen LogP contribution < -0.4 is 5.73 Å². The molecule has 0 unspecified atom stereocenters. The van der Waals surface area contributed by atoms with Crippen LogP contribution in [0.1, 0.15) is 40.6 Å². The summed E-state index contributed by atoms with van der Waals surface area (Å²) in [5.41, 5.74) is 8.55. The van der Waals surface area contributed by atoms with Gasteiger partial charge in [-0.2, -0.15) is 9.78 Å². The summed E-state index contributed by atoms with van der Waals surface area (Å²) in [6.07, 6.45) is 3.94. The molecule has 94 valence electrons. The number of carbonyl (C=O) groups is 1. The summed E-state index contributed by atoms with van der Waals surface area (Å²) >= 11 is 0. The molecule has 3 rings (SSSR count). The van der Waals surface area contributed by atoms with Crippen LogP contribution in [0.2, 0.25) is 0 Å². The Kier molecular flexibility index (Phi) is 2.29. The summed E-state index contributed by atoms with van der Waals surface area (Å²) in [4.78, 5) is 12.4. The zero-order valence-corrected chi connectivity index (χ0v) is 10.6. The van der Waals surface area contributed by atoms with Gasteiger partial charge in [0, 0.05) is 23.5 Å². The Morgan fingerprint density at radius 1 is 1.44 bits per heavy atom. The van der Waals surface area contributed by atoms with Gasteiger partial charge in [-0.25, -0.2) is 0 Å². The number of hydrogen-bond donors (Lipinski definition) is 1. The third-order valence-electron chi connectivity index (χ3n) is 3.49. The van der Waals surface area contributed by atoms with Gasteiger partial charge in [-0.1, -0.05) is 0 Å². The zero-order chi connectivity index (χ0) is 12.9. The molecule has 0 amide bonds. The molecule has 1 fully saturated rings. The quantitative estimate of drug-likeness (QED) is 0.877. The normalized spacial score (nSPS) is 15.0. The summed E-state index contributed by atoms with van der Waals surface area (Å²) < 4.78 is 3.49. The third-order valence-corrected chi connectivity index (χ3v) is 3.49. The van der Waals surface area contributed by atoms with Gasteiger partial charge in [-0.3, -0.25) is 4.79 Å². The van der Waals surface area contributed by atoms with Gasteiger partial charge in [0.25, 0.3) is 5.91 Å². The van der Waals surface area contributed by atoms with Crippen LogP contribution in [0, 0.1) is 13.8 Å². The topological polar surface area (TPSA) is 65.8 Å². The lowest BCUT2D eigenvalue weighted by atomic mass is 10.2. The van der Waals surface area contributed by atoms with Crippen molar-refractivity contribution in [1.82, 2.24) is 14.3 Å². The Hall–Kier alpha value is -2.04. The van der Waals surface area contributed by atoms with Crippen LogP contribution in [0.4, 0.5) is 5.82 Å². The highest BCUT2D eigenvalue weighted by molar-refractivity contribution is 5.98. The van der Waals surface area contributed by atoms with Crippen LogP contribution in [-0.4, -0.2) is 20.3 Å². The Balaban J connectivity index is 2.05. The van der Waals surface area contributed by atoms with Crippen LogP contribution in [0.25, 0.3) is 0 Å². The molecule has 0 aliphatic heterocycles. The molecular weight excluding hydrogens is 228 g/mol. The van der Waals surface area contributed by atoms with Crippen LogP contribution in [0.3, 0.4) is 0 Å². The Labute approximate surface area is 105 Å². The number of nitrogens with two attached hydrogens (primary N) is 1. The molecule has 1 aliphatic rings. The molecule has 0 aromatic carbocycles. The monoisotopic (exact) mass is 244 g/mol. The summed E-state index contributed by atoms with van der Waals surface area (Å²) in [6, 6.07) is 4.12. The molecule has 2 heterocycles. The fourth-order valence-electron chi connectivity index (χ4n) is 2.49. The number of rotatable bonds is 2. The molecule has 0 bridgehead atoms. The van der Waals surface area contributed by atoms with Gasteiger partial charge in [0.2, 0.25) is 0 Å². The maximum atomic E-state index is 12.4. The van der Waals surface area contributed by atoms with Crippen molar-refractivity contribution in [2.45, 2.75) is 32.7 Å². The Morgan fingerprint density at radius 3 is 2.72 bits per heavy atom. The molecular formula is C13H16N4O. The Morgan fingerprint density at radius 2 is 2.17 bits per heavy atom. The van der Waals surface area contributed by atoms with Gasteiger partial charge in [-0.15, -0.1) is 0 Å². The lowest BCUT2D eigenvalue weighted by Crippen LogP contribution is -2.16. The minimum atomic E-state index is -0.155. The van der Waals surface area contributed by atoms with Gasteiger partial charge < -0.3 is 10.3 Å². The maximum absolute atomic E-state index is 12.4. The second-order valence-electron chi connectivity index (χ2n) is 4.86. The van der Waals surface area contributed by atoms with Crippen molar-refractivity contribution in [3.63, 3.8) is 0 Å². The van der Waals surface area contributed by atoms with Crippen molar-refractivity contribution in [1.29, 1.82) is 0 Å². The highest BCUT2D eigenvalue weighted by Gasteiger charge is 2.29. The van der Waals surface area contributed by atoms with Crippen molar-refractivity contribution in [3.8, 4) is 0 Å². The molecule has 5 nitrogen and oxygen atoms in total. The van der Waals surface area contributed by atoms with E-state index < -0.39 is 0 Å². The summed E-state index contributed by atoms with van der Waals surface area (Å²) in [6.45, 7) is 4.02. The van der Waals surface area contributed by atoms with Gasteiger partial charge in [0.1, 0.15) is 5.82 Å². The molecule has 1 aliphatic carbocycles. The minimum Gasteiger partial charge on any atom is -0.383 e.